The maximum Gasteiger partial charge on any atom is 0.326 e. The lowest BCUT2D eigenvalue weighted by atomic mass is 10.1. The molecule has 0 aromatic heterocycles. The number of carbonyl (C=O) groups is 2. The number of nitrogens with one attached hydrogen (secondary N) is 1. The minimum Gasteiger partial charge on any atom is -0.480 e. The van der Waals surface area contributed by atoms with Gasteiger partial charge in [0.15, 0.2) is 0 Å². The Morgan fingerprint density at radius 1 is 1.62 bits per heavy atom. The molecule has 2 atom stereocenters. The molecule has 0 aromatic rings. The second kappa shape index (κ2) is 6.27. The summed E-state index contributed by atoms with van der Waals surface area (Å²) in [7, 11) is 0. The van der Waals surface area contributed by atoms with Gasteiger partial charge in [-0.2, -0.15) is 0 Å². The minimum absolute atomic E-state index is 0.325. The molecule has 90 valence electrons. The van der Waals surface area contributed by atoms with Gasteiger partial charge in [-0.25, -0.2) is 4.79 Å². The number of allylic oxidation sites excluding steroid dienone is 1. The summed E-state index contributed by atoms with van der Waals surface area (Å²) in [5, 5.41) is 11.4. The predicted octanol–water partition coefficient (Wildman–Crippen LogP) is 0.701. The van der Waals surface area contributed by atoms with E-state index in [-0.39, 0.29) is 5.91 Å². The fraction of sp³-hybridized carbons (Fsp3) is 0.636. The van der Waals surface area contributed by atoms with E-state index in [1.54, 1.807) is 6.08 Å². The number of amides is 1. The Labute approximate surface area is 94.5 Å². The van der Waals surface area contributed by atoms with Crippen LogP contribution in [0, 0.1) is 0 Å². The molecule has 1 rings (SSSR count). The molecule has 0 aliphatic carbocycles. The molecule has 0 radical (unpaired) electrons. The van der Waals surface area contributed by atoms with Crippen molar-refractivity contribution >= 4 is 11.9 Å². The van der Waals surface area contributed by atoms with Crippen molar-refractivity contribution in [2.45, 2.75) is 37.8 Å². The lowest BCUT2D eigenvalue weighted by Gasteiger charge is -2.16. The van der Waals surface area contributed by atoms with Crippen LogP contribution in [0.3, 0.4) is 0 Å². The number of aliphatic carboxylic acids is 1. The smallest absolute Gasteiger partial charge is 0.326 e. The second-order valence-electron chi connectivity index (χ2n) is 3.77. The van der Waals surface area contributed by atoms with E-state index in [9.17, 15) is 9.59 Å². The van der Waals surface area contributed by atoms with Gasteiger partial charge in [-0.05, 0) is 25.7 Å². The first-order valence-electron chi connectivity index (χ1n) is 5.41. The Kier molecular flexibility index (Phi) is 4.98. The monoisotopic (exact) mass is 227 g/mol. The van der Waals surface area contributed by atoms with Gasteiger partial charge in [-0.3, -0.25) is 4.79 Å². The molecule has 0 spiro atoms. The molecule has 5 heteroatoms. The van der Waals surface area contributed by atoms with Crippen LogP contribution >= 0.6 is 0 Å². The number of rotatable bonds is 6. The van der Waals surface area contributed by atoms with Crippen LogP contribution in [-0.4, -0.2) is 35.7 Å². The van der Waals surface area contributed by atoms with E-state index in [4.69, 9.17) is 9.84 Å². The first-order valence-corrected chi connectivity index (χ1v) is 5.41. The molecule has 0 aromatic carbocycles. The highest BCUT2D eigenvalue weighted by atomic mass is 16.5. The Bertz CT molecular complexity index is 271. The molecule has 16 heavy (non-hydrogen) atoms. The van der Waals surface area contributed by atoms with Crippen molar-refractivity contribution in [1.29, 1.82) is 0 Å². The lowest BCUT2D eigenvalue weighted by Crippen LogP contribution is -2.45. The van der Waals surface area contributed by atoms with Crippen LogP contribution in [0.5, 0.6) is 0 Å². The zero-order chi connectivity index (χ0) is 12.0. The normalized spacial score (nSPS) is 21.4. The first-order chi connectivity index (χ1) is 7.65. The molecule has 1 fully saturated rings. The maximum atomic E-state index is 11.6. The van der Waals surface area contributed by atoms with Crippen LogP contribution in [0.4, 0.5) is 0 Å². The molecule has 0 saturated carbocycles. The van der Waals surface area contributed by atoms with Crippen molar-refractivity contribution < 1.29 is 19.4 Å². The molecular formula is C11H17NO4. The minimum atomic E-state index is -1.02. The number of ether oxygens (including phenoxy) is 1. The van der Waals surface area contributed by atoms with E-state index in [1.165, 1.54) is 0 Å². The van der Waals surface area contributed by atoms with E-state index in [1.807, 2.05) is 0 Å². The fourth-order valence-electron chi connectivity index (χ4n) is 1.59. The third kappa shape index (κ3) is 3.66. The molecule has 0 bridgehead atoms. The molecule has 1 saturated heterocycles. The highest BCUT2D eigenvalue weighted by Crippen LogP contribution is 2.12. The predicted molar refractivity (Wildman–Crippen MR) is 58.0 cm³/mol. The van der Waals surface area contributed by atoms with Crippen LogP contribution in [0.15, 0.2) is 12.7 Å². The maximum absolute atomic E-state index is 11.6. The Morgan fingerprint density at radius 2 is 2.38 bits per heavy atom. The summed E-state index contributed by atoms with van der Waals surface area (Å²) in [6.45, 7) is 4.09. The zero-order valence-corrected chi connectivity index (χ0v) is 9.15. The van der Waals surface area contributed by atoms with Gasteiger partial charge in [-0.15, -0.1) is 6.58 Å². The average molecular weight is 227 g/mol. The SMILES string of the molecule is C=CCC[C@@H](NC(=O)[C@H]1CCCO1)C(=O)O. The van der Waals surface area contributed by atoms with E-state index in [0.717, 1.165) is 6.42 Å². The standard InChI is InChI=1S/C11H17NO4/c1-2-3-5-8(11(14)15)12-10(13)9-6-4-7-16-9/h2,8-9H,1,3-7H2,(H,12,13)(H,14,15)/t8-,9-/m1/s1. The van der Waals surface area contributed by atoms with Gasteiger partial charge in [-0.1, -0.05) is 6.08 Å². The molecule has 1 aliphatic heterocycles. The van der Waals surface area contributed by atoms with Crippen molar-refractivity contribution in [2.75, 3.05) is 6.61 Å². The largest absolute Gasteiger partial charge is 0.480 e. The van der Waals surface area contributed by atoms with Crippen molar-refractivity contribution in [3.8, 4) is 0 Å². The van der Waals surface area contributed by atoms with E-state index in [2.05, 4.69) is 11.9 Å². The van der Waals surface area contributed by atoms with Crippen LogP contribution in [0.25, 0.3) is 0 Å². The molecule has 1 amide bonds. The summed E-state index contributed by atoms with van der Waals surface area (Å²) in [4.78, 5) is 22.5. The van der Waals surface area contributed by atoms with E-state index >= 15 is 0 Å². The number of carbonyl (C=O) groups excluding carboxylic acids is 1. The van der Waals surface area contributed by atoms with Gasteiger partial charge in [0.1, 0.15) is 12.1 Å². The van der Waals surface area contributed by atoms with Gasteiger partial charge in [0.2, 0.25) is 5.91 Å². The molecule has 1 aliphatic rings. The Balaban J connectivity index is 2.43. The molecule has 0 unspecified atom stereocenters. The third-order valence-corrected chi connectivity index (χ3v) is 2.50. The molecular weight excluding hydrogens is 210 g/mol. The molecule has 5 nitrogen and oxygen atoms in total. The summed E-state index contributed by atoms with van der Waals surface area (Å²) >= 11 is 0. The van der Waals surface area contributed by atoms with Crippen molar-refractivity contribution in [2.24, 2.45) is 0 Å². The Hall–Kier alpha value is -1.36. The van der Waals surface area contributed by atoms with Gasteiger partial charge in [0.25, 0.3) is 0 Å². The quantitative estimate of drug-likeness (QED) is 0.655. The summed E-state index contributed by atoms with van der Waals surface area (Å²) in [5.74, 6) is -1.35. The van der Waals surface area contributed by atoms with Crippen LogP contribution in [-0.2, 0) is 14.3 Å². The summed E-state index contributed by atoms with van der Waals surface area (Å²) < 4.78 is 5.17. The lowest BCUT2D eigenvalue weighted by molar-refractivity contribution is -0.143. The van der Waals surface area contributed by atoms with Gasteiger partial charge in [0.05, 0.1) is 0 Å². The summed E-state index contributed by atoms with van der Waals surface area (Å²) in [5.41, 5.74) is 0. The van der Waals surface area contributed by atoms with Crippen molar-refractivity contribution in [3.63, 3.8) is 0 Å². The average Bonchev–Trinajstić information content (AvgIpc) is 2.76. The number of hydrogen-bond donors (Lipinski definition) is 2. The topological polar surface area (TPSA) is 75.6 Å². The van der Waals surface area contributed by atoms with Gasteiger partial charge >= 0.3 is 5.97 Å². The Morgan fingerprint density at radius 3 is 2.88 bits per heavy atom. The van der Waals surface area contributed by atoms with Gasteiger partial charge in [0, 0.05) is 6.61 Å². The number of carboxylic acids is 1. The number of carboxylic acid groups (broad SMARTS) is 1. The number of hydrogen-bond acceptors (Lipinski definition) is 3. The highest BCUT2D eigenvalue weighted by Gasteiger charge is 2.27. The van der Waals surface area contributed by atoms with E-state index in [0.29, 0.717) is 25.9 Å². The third-order valence-electron chi connectivity index (χ3n) is 2.50. The fourth-order valence-corrected chi connectivity index (χ4v) is 1.59. The summed E-state index contributed by atoms with van der Waals surface area (Å²) in [6, 6.07) is -0.852. The molecule has 2 N–H and O–H groups in total. The zero-order valence-electron chi connectivity index (χ0n) is 9.15. The highest BCUT2D eigenvalue weighted by molar-refractivity contribution is 5.86. The second-order valence-corrected chi connectivity index (χ2v) is 3.77. The van der Waals surface area contributed by atoms with Crippen LogP contribution in [0.2, 0.25) is 0 Å². The van der Waals surface area contributed by atoms with Crippen LogP contribution in [0.1, 0.15) is 25.7 Å². The van der Waals surface area contributed by atoms with E-state index < -0.39 is 18.1 Å². The van der Waals surface area contributed by atoms with Crippen molar-refractivity contribution in [1.82, 2.24) is 5.32 Å². The summed E-state index contributed by atoms with van der Waals surface area (Å²) in [6.07, 6.45) is 3.58. The molecule has 1 heterocycles. The van der Waals surface area contributed by atoms with Crippen LogP contribution < -0.4 is 5.32 Å². The van der Waals surface area contributed by atoms with Crippen molar-refractivity contribution in [3.05, 3.63) is 12.7 Å². The first kappa shape index (κ1) is 12.7. The van der Waals surface area contributed by atoms with Gasteiger partial charge < -0.3 is 15.2 Å².